The van der Waals surface area contributed by atoms with Crippen LogP contribution in [0.5, 0.6) is 0 Å². The zero-order valence-electron chi connectivity index (χ0n) is 10.2. The smallest absolute Gasteiger partial charge is 0.317 e. The van der Waals surface area contributed by atoms with Crippen molar-refractivity contribution >= 4 is 6.03 Å². The molecule has 2 amide bonds. The highest BCUT2D eigenvalue weighted by molar-refractivity contribution is 5.74. The van der Waals surface area contributed by atoms with E-state index in [0.29, 0.717) is 0 Å². The molecule has 14 heavy (non-hydrogen) atoms. The first-order chi connectivity index (χ1) is 6.55. The van der Waals surface area contributed by atoms with Gasteiger partial charge in [-0.15, -0.1) is 0 Å². The lowest BCUT2D eigenvalue weighted by Gasteiger charge is -2.33. The second-order valence-corrected chi connectivity index (χ2v) is 3.79. The minimum atomic E-state index is -0.0134. The van der Waals surface area contributed by atoms with Gasteiger partial charge in [0.15, 0.2) is 0 Å². The van der Waals surface area contributed by atoms with Gasteiger partial charge in [0.25, 0.3) is 0 Å². The number of nitrogens with one attached hydrogen (secondary N) is 1. The third kappa shape index (κ3) is 3.20. The van der Waals surface area contributed by atoms with E-state index < -0.39 is 0 Å². The van der Waals surface area contributed by atoms with Gasteiger partial charge >= 0.3 is 6.03 Å². The van der Waals surface area contributed by atoms with E-state index in [-0.39, 0.29) is 11.6 Å². The van der Waals surface area contributed by atoms with Crippen LogP contribution in [0.2, 0.25) is 0 Å². The second-order valence-electron chi connectivity index (χ2n) is 3.79. The highest BCUT2D eigenvalue weighted by Gasteiger charge is 2.26. The Hall–Kier alpha value is -0.730. The lowest BCUT2D eigenvalue weighted by Crippen LogP contribution is -2.51. The van der Waals surface area contributed by atoms with Gasteiger partial charge in [-0.1, -0.05) is 20.8 Å². The molecule has 3 heteroatoms. The summed E-state index contributed by atoms with van der Waals surface area (Å²) in [6.45, 7) is 9.10. The number of hydrogen-bond acceptors (Lipinski definition) is 1. The molecule has 0 radical (unpaired) electrons. The Morgan fingerprint density at radius 2 is 1.57 bits per heavy atom. The number of carbonyl (C=O) groups excluding carboxylic acids is 1. The number of urea groups is 1. The predicted octanol–water partition coefficient (Wildman–Crippen LogP) is 2.62. The summed E-state index contributed by atoms with van der Waals surface area (Å²) in [7, 11) is 1.82. The maximum atomic E-state index is 11.7. The van der Waals surface area contributed by atoms with Crippen LogP contribution < -0.4 is 5.32 Å². The van der Waals surface area contributed by atoms with Gasteiger partial charge in [0, 0.05) is 19.1 Å². The summed E-state index contributed by atoms with van der Waals surface area (Å²) in [5.41, 5.74) is -0.0134. The molecule has 0 atom stereocenters. The van der Waals surface area contributed by atoms with E-state index in [4.69, 9.17) is 0 Å². The zero-order chi connectivity index (χ0) is 11.2. The lowest BCUT2D eigenvalue weighted by atomic mass is 9.90. The largest absolute Gasteiger partial charge is 0.333 e. The maximum Gasteiger partial charge on any atom is 0.317 e. The molecule has 84 valence electrons. The van der Waals surface area contributed by atoms with Gasteiger partial charge in [-0.05, 0) is 26.2 Å². The molecule has 0 rings (SSSR count). The molecule has 0 saturated heterocycles. The van der Waals surface area contributed by atoms with Crippen LogP contribution in [0, 0.1) is 0 Å². The van der Waals surface area contributed by atoms with Crippen molar-refractivity contribution < 1.29 is 4.79 Å². The van der Waals surface area contributed by atoms with Gasteiger partial charge in [0.05, 0.1) is 0 Å². The topological polar surface area (TPSA) is 32.3 Å². The van der Waals surface area contributed by atoms with Crippen molar-refractivity contribution in [2.24, 2.45) is 0 Å². The van der Waals surface area contributed by atoms with Gasteiger partial charge in [-0.2, -0.15) is 0 Å². The van der Waals surface area contributed by atoms with Crippen LogP contribution in [-0.2, 0) is 0 Å². The molecule has 0 aromatic rings. The monoisotopic (exact) mass is 200 g/mol. The highest BCUT2D eigenvalue weighted by Crippen LogP contribution is 2.19. The Kier molecular flexibility index (Phi) is 5.58. The van der Waals surface area contributed by atoms with Crippen LogP contribution in [0.1, 0.15) is 47.0 Å². The molecular formula is C11H24N2O. The van der Waals surface area contributed by atoms with E-state index in [9.17, 15) is 4.79 Å². The van der Waals surface area contributed by atoms with E-state index in [1.165, 1.54) is 0 Å². The first kappa shape index (κ1) is 13.3. The standard InChI is InChI=1S/C11H24N2O/c1-6-11(7-2,8-3)12-10(14)13(5)9-4/h6-9H2,1-5H3,(H,12,14). The van der Waals surface area contributed by atoms with Crippen LogP contribution in [0.4, 0.5) is 4.79 Å². The molecule has 0 heterocycles. The summed E-state index contributed by atoms with van der Waals surface area (Å²) in [4.78, 5) is 13.4. The van der Waals surface area contributed by atoms with Crippen LogP contribution in [0.3, 0.4) is 0 Å². The predicted molar refractivity (Wildman–Crippen MR) is 60.4 cm³/mol. The van der Waals surface area contributed by atoms with Crippen molar-refractivity contribution in [3.63, 3.8) is 0 Å². The van der Waals surface area contributed by atoms with Crippen molar-refractivity contribution in [2.75, 3.05) is 13.6 Å². The minimum Gasteiger partial charge on any atom is -0.333 e. The third-order valence-corrected chi connectivity index (χ3v) is 3.22. The Morgan fingerprint density at radius 1 is 1.14 bits per heavy atom. The first-order valence-corrected chi connectivity index (χ1v) is 5.58. The minimum absolute atomic E-state index is 0.0134. The summed E-state index contributed by atoms with van der Waals surface area (Å²) in [5.74, 6) is 0. The normalized spacial score (nSPS) is 11.2. The Labute approximate surface area is 87.9 Å². The molecule has 1 N–H and O–H groups in total. The average Bonchev–Trinajstić information content (AvgIpc) is 2.24. The molecule has 0 spiro atoms. The molecule has 0 aliphatic carbocycles. The summed E-state index contributed by atoms with van der Waals surface area (Å²) in [5, 5.41) is 3.12. The molecule has 0 aliphatic heterocycles. The second kappa shape index (κ2) is 5.89. The third-order valence-electron chi connectivity index (χ3n) is 3.22. The number of hydrogen-bond donors (Lipinski definition) is 1. The van der Waals surface area contributed by atoms with E-state index in [0.717, 1.165) is 25.8 Å². The highest BCUT2D eigenvalue weighted by atomic mass is 16.2. The molecule has 0 aliphatic rings. The maximum absolute atomic E-state index is 11.7. The van der Waals surface area contributed by atoms with Gasteiger partial charge in [-0.25, -0.2) is 4.79 Å². The van der Waals surface area contributed by atoms with Gasteiger partial charge in [0.2, 0.25) is 0 Å². The van der Waals surface area contributed by atoms with Crippen LogP contribution >= 0.6 is 0 Å². The SMILES string of the molecule is CCN(C)C(=O)NC(CC)(CC)CC. The zero-order valence-corrected chi connectivity index (χ0v) is 10.2. The molecule has 0 aromatic carbocycles. The van der Waals surface area contributed by atoms with Crippen LogP contribution in [-0.4, -0.2) is 30.1 Å². The van der Waals surface area contributed by atoms with Crippen LogP contribution in [0.25, 0.3) is 0 Å². The van der Waals surface area contributed by atoms with E-state index >= 15 is 0 Å². The van der Waals surface area contributed by atoms with Crippen molar-refractivity contribution in [1.29, 1.82) is 0 Å². The van der Waals surface area contributed by atoms with E-state index in [1.54, 1.807) is 4.90 Å². The Bertz CT molecular complexity index is 168. The molecule has 3 nitrogen and oxygen atoms in total. The molecule has 0 saturated carbocycles. The molecule has 0 bridgehead atoms. The summed E-state index contributed by atoms with van der Waals surface area (Å²) < 4.78 is 0. The number of nitrogens with zero attached hydrogens (tertiary/aromatic N) is 1. The first-order valence-electron chi connectivity index (χ1n) is 5.58. The van der Waals surface area contributed by atoms with Crippen molar-refractivity contribution in [1.82, 2.24) is 10.2 Å². The molecule has 0 unspecified atom stereocenters. The quantitative estimate of drug-likeness (QED) is 0.727. The fraction of sp³-hybridized carbons (Fsp3) is 0.909. The molecular weight excluding hydrogens is 176 g/mol. The fourth-order valence-corrected chi connectivity index (χ4v) is 1.48. The number of amides is 2. The Morgan fingerprint density at radius 3 is 1.86 bits per heavy atom. The van der Waals surface area contributed by atoms with Gasteiger partial charge < -0.3 is 10.2 Å². The number of carbonyl (C=O) groups is 1. The van der Waals surface area contributed by atoms with Gasteiger partial charge in [0.1, 0.15) is 0 Å². The summed E-state index contributed by atoms with van der Waals surface area (Å²) >= 11 is 0. The van der Waals surface area contributed by atoms with E-state index in [1.807, 2.05) is 14.0 Å². The lowest BCUT2D eigenvalue weighted by molar-refractivity contribution is 0.189. The number of rotatable bonds is 5. The fourth-order valence-electron chi connectivity index (χ4n) is 1.48. The van der Waals surface area contributed by atoms with Crippen molar-refractivity contribution in [3.8, 4) is 0 Å². The van der Waals surface area contributed by atoms with Crippen molar-refractivity contribution in [3.05, 3.63) is 0 Å². The molecule has 0 fully saturated rings. The molecule has 0 aromatic heterocycles. The average molecular weight is 200 g/mol. The Balaban J connectivity index is 4.37. The summed E-state index contributed by atoms with van der Waals surface area (Å²) in [6, 6.07) is 0.0399. The summed E-state index contributed by atoms with van der Waals surface area (Å²) in [6.07, 6.45) is 2.97. The van der Waals surface area contributed by atoms with Gasteiger partial charge in [-0.3, -0.25) is 0 Å². The van der Waals surface area contributed by atoms with E-state index in [2.05, 4.69) is 26.1 Å². The van der Waals surface area contributed by atoms with Crippen molar-refractivity contribution in [2.45, 2.75) is 52.5 Å². The van der Waals surface area contributed by atoms with Crippen LogP contribution in [0.15, 0.2) is 0 Å².